The second-order valence-corrected chi connectivity index (χ2v) is 7.13. The number of anilines is 2. The molecule has 148 valence electrons. The summed E-state index contributed by atoms with van der Waals surface area (Å²) >= 11 is 0. The molecule has 28 heavy (non-hydrogen) atoms. The highest BCUT2D eigenvalue weighted by Crippen LogP contribution is 2.23. The van der Waals surface area contributed by atoms with Gasteiger partial charge in [0.05, 0.1) is 19.8 Å². The largest absolute Gasteiger partial charge is 0.378 e. The summed E-state index contributed by atoms with van der Waals surface area (Å²) in [7, 11) is 0. The molecule has 2 amide bonds. The van der Waals surface area contributed by atoms with Gasteiger partial charge in [0.1, 0.15) is 0 Å². The first-order chi connectivity index (χ1) is 13.5. The summed E-state index contributed by atoms with van der Waals surface area (Å²) < 4.78 is 5.28. The summed E-state index contributed by atoms with van der Waals surface area (Å²) in [5.74, 6) is 0.237. The molecule has 1 aliphatic heterocycles. The first-order valence-corrected chi connectivity index (χ1v) is 9.64. The Morgan fingerprint density at radius 1 is 1.04 bits per heavy atom. The molecule has 0 unspecified atom stereocenters. The van der Waals surface area contributed by atoms with E-state index in [2.05, 4.69) is 24.5 Å². The predicted octanol–water partition coefficient (Wildman–Crippen LogP) is 3.33. The van der Waals surface area contributed by atoms with E-state index < -0.39 is 0 Å². The molecule has 2 aromatic carbocycles. The monoisotopic (exact) mass is 381 g/mol. The van der Waals surface area contributed by atoms with Gasteiger partial charge < -0.3 is 20.3 Å². The van der Waals surface area contributed by atoms with Crippen molar-refractivity contribution in [2.24, 2.45) is 0 Å². The van der Waals surface area contributed by atoms with Crippen molar-refractivity contribution >= 4 is 23.2 Å². The maximum absolute atomic E-state index is 12.5. The van der Waals surface area contributed by atoms with Gasteiger partial charge in [0, 0.05) is 30.0 Å². The molecule has 2 N–H and O–H groups in total. The molecule has 0 aromatic heterocycles. The summed E-state index contributed by atoms with van der Waals surface area (Å²) in [6.45, 7) is 6.77. The molecule has 1 heterocycles. The molecule has 0 radical (unpaired) electrons. The van der Waals surface area contributed by atoms with Crippen LogP contribution < -0.4 is 10.6 Å². The lowest BCUT2D eigenvalue weighted by atomic mass is 10.0. The van der Waals surface area contributed by atoms with Gasteiger partial charge in [0.2, 0.25) is 5.91 Å². The summed E-state index contributed by atoms with van der Waals surface area (Å²) in [4.78, 5) is 26.5. The van der Waals surface area contributed by atoms with Crippen LogP contribution in [0.1, 0.15) is 35.7 Å². The van der Waals surface area contributed by atoms with Gasteiger partial charge in [-0.3, -0.25) is 9.59 Å². The minimum atomic E-state index is -0.110. The number of carbonyl (C=O) groups is 2. The molecular formula is C22H27N3O3. The Labute approximate surface area is 165 Å². The van der Waals surface area contributed by atoms with Crippen LogP contribution in [0.3, 0.4) is 0 Å². The van der Waals surface area contributed by atoms with E-state index in [-0.39, 0.29) is 18.4 Å². The number of nitrogens with one attached hydrogen (secondary N) is 2. The fraction of sp³-hybridized carbons (Fsp3) is 0.364. The molecule has 0 atom stereocenters. The van der Waals surface area contributed by atoms with Crippen molar-refractivity contribution in [1.29, 1.82) is 0 Å². The van der Waals surface area contributed by atoms with Crippen LogP contribution in [-0.2, 0) is 9.53 Å². The van der Waals surface area contributed by atoms with Gasteiger partial charge in [0.25, 0.3) is 5.91 Å². The van der Waals surface area contributed by atoms with Gasteiger partial charge in [0.15, 0.2) is 0 Å². The first kappa shape index (κ1) is 19.9. The van der Waals surface area contributed by atoms with E-state index >= 15 is 0 Å². The summed E-state index contributed by atoms with van der Waals surface area (Å²) in [6.07, 6.45) is 0. The Morgan fingerprint density at radius 2 is 1.71 bits per heavy atom. The van der Waals surface area contributed by atoms with Crippen molar-refractivity contribution in [3.63, 3.8) is 0 Å². The van der Waals surface area contributed by atoms with E-state index in [0.717, 1.165) is 16.9 Å². The number of para-hydroxylation sites is 1. The Hall–Kier alpha value is -2.86. The Bertz CT molecular complexity index is 812. The number of ether oxygens (including phenoxy) is 1. The molecule has 0 bridgehead atoms. The number of carbonyl (C=O) groups excluding carboxylic acids is 2. The molecule has 3 rings (SSSR count). The van der Waals surface area contributed by atoms with Crippen molar-refractivity contribution < 1.29 is 14.3 Å². The van der Waals surface area contributed by atoms with Gasteiger partial charge in [-0.05, 0) is 41.8 Å². The van der Waals surface area contributed by atoms with Gasteiger partial charge in [-0.1, -0.05) is 32.0 Å². The second kappa shape index (κ2) is 9.37. The van der Waals surface area contributed by atoms with Crippen molar-refractivity contribution in [1.82, 2.24) is 4.90 Å². The number of hydrogen-bond acceptors (Lipinski definition) is 4. The van der Waals surface area contributed by atoms with Crippen LogP contribution in [0.4, 0.5) is 11.4 Å². The van der Waals surface area contributed by atoms with Crippen LogP contribution in [-0.4, -0.2) is 49.6 Å². The number of amides is 2. The zero-order valence-electron chi connectivity index (χ0n) is 16.4. The fourth-order valence-electron chi connectivity index (χ4n) is 3.17. The van der Waals surface area contributed by atoms with E-state index in [1.165, 1.54) is 0 Å². The van der Waals surface area contributed by atoms with Crippen molar-refractivity contribution in [3.8, 4) is 0 Å². The van der Waals surface area contributed by atoms with Crippen molar-refractivity contribution in [2.45, 2.75) is 19.8 Å². The van der Waals surface area contributed by atoms with Crippen LogP contribution >= 0.6 is 0 Å². The van der Waals surface area contributed by atoms with Crippen LogP contribution in [0.5, 0.6) is 0 Å². The molecule has 6 nitrogen and oxygen atoms in total. The highest BCUT2D eigenvalue weighted by molar-refractivity contribution is 5.95. The highest BCUT2D eigenvalue weighted by Gasteiger charge is 2.18. The van der Waals surface area contributed by atoms with Gasteiger partial charge in [-0.2, -0.15) is 0 Å². The van der Waals surface area contributed by atoms with Crippen molar-refractivity contribution in [3.05, 3.63) is 59.7 Å². The van der Waals surface area contributed by atoms with Gasteiger partial charge >= 0.3 is 0 Å². The lowest BCUT2D eigenvalue weighted by Crippen LogP contribution is -2.40. The smallest absolute Gasteiger partial charge is 0.254 e. The molecule has 1 saturated heterocycles. The molecule has 6 heteroatoms. The summed E-state index contributed by atoms with van der Waals surface area (Å²) in [6, 6.07) is 15.0. The zero-order valence-corrected chi connectivity index (χ0v) is 16.4. The third-order valence-corrected chi connectivity index (χ3v) is 4.74. The Balaban J connectivity index is 1.53. The maximum atomic E-state index is 12.5. The average Bonchev–Trinajstić information content (AvgIpc) is 2.73. The van der Waals surface area contributed by atoms with Gasteiger partial charge in [-0.25, -0.2) is 0 Å². The number of hydrogen-bond donors (Lipinski definition) is 2. The van der Waals surface area contributed by atoms with Gasteiger partial charge in [-0.15, -0.1) is 0 Å². The quantitative estimate of drug-likeness (QED) is 0.805. The van der Waals surface area contributed by atoms with E-state index in [1.807, 2.05) is 36.4 Å². The molecule has 1 fully saturated rings. The topological polar surface area (TPSA) is 70.7 Å². The zero-order chi connectivity index (χ0) is 19.9. The molecule has 0 aliphatic carbocycles. The predicted molar refractivity (Wildman–Crippen MR) is 111 cm³/mol. The third kappa shape index (κ3) is 5.10. The fourth-order valence-corrected chi connectivity index (χ4v) is 3.17. The van der Waals surface area contributed by atoms with E-state index in [9.17, 15) is 9.59 Å². The molecule has 0 saturated carbocycles. The second-order valence-electron chi connectivity index (χ2n) is 7.13. The van der Waals surface area contributed by atoms with Crippen LogP contribution in [0.25, 0.3) is 0 Å². The number of nitrogens with zero attached hydrogens (tertiary/aromatic N) is 1. The lowest BCUT2D eigenvalue weighted by Gasteiger charge is -2.26. The average molecular weight is 381 g/mol. The molecule has 1 aliphatic rings. The van der Waals surface area contributed by atoms with E-state index in [0.29, 0.717) is 37.8 Å². The molecule has 0 spiro atoms. The van der Waals surface area contributed by atoms with Crippen molar-refractivity contribution in [2.75, 3.05) is 43.5 Å². The van der Waals surface area contributed by atoms with Crippen LogP contribution in [0.15, 0.2) is 48.5 Å². The standard InChI is InChI=1S/C22H27N3O3/c1-16(2)19-5-3-4-6-20(19)24-21(26)15-23-18-9-7-17(8-10-18)22(27)25-11-13-28-14-12-25/h3-10,16,23H,11-15H2,1-2H3,(H,24,26). The normalized spacial score (nSPS) is 14.0. The third-order valence-electron chi connectivity index (χ3n) is 4.74. The number of benzene rings is 2. The molecular weight excluding hydrogens is 354 g/mol. The number of rotatable bonds is 6. The summed E-state index contributed by atoms with van der Waals surface area (Å²) in [5.41, 5.74) is 3.39. The molecule has 2 aromatic rings. The van der Waals surface area contributed by atoms with E-state index in [4.69, 9.17) is 4.74 Å². The highest BCUT2D eigenvalue weighted by atomic mass is 16.5. The Kier molecular flexibility index (Phi) is 6.66. The van der Waals surface area contributed by atoms with Crippen LogP contribution in [0.2, 0.25) is 0 Å². The Morgan fingerprint density at radius 3 is 2.39 bits per heavy atom. The first-order valence-electron chi connectivity index (χ1n) is 9.64. The van der Waals surface area contributed by atoms with E-state index in [1.54, 1.807) is 17.0 Å². The minimum Gasteiger partial charge on any atom is -0.378 e. The maximum Gasteiger partial charge on any atom is 0.254 e. The number of morpholine rings is 1. The minimum absolute atomic E-state index is 0.0119. The lowest BCUT2D eigenvalue weighted by molar-refractivity contribution is -0.114. The summed E-state index contributed by atoms with van der Waals surface area (Å²) in [5, 5.41) is 6.06. The SMILES string of the molecule is CC(C)c1ccccc1NC(=O)CNc1ccc(C(=O)N2CCOCC2)cc1. The van der Waals surface area contributed by atoms with Crippen LogP contribution in [0, 0.1) is 0 Å².